The Morgan fingerprint density at radius 2 is 1.91 bits per heavy atom. The molecule has 1 saturated carbocycles. The van der Waals surface area contributed by atoms with Gasteiger partial charge >= 0.3 is 0 Å². The Labute approximate surface area is 196 Å². The number of carbonyl (C=O) groups is 2. The Morgan fingerprint density at radius 1 is 1.12 bits per heavy atom. The van der Waals surface area contributed by atoms with E-state index in [2.05, 4.69) is 10.3 Å². The van der Waals surface area contributed by atoms with Crippen molar-refractivity contribution in [3.63, 3.8) is 0 Å². The van der Waals surface area contributed by atoms with Gasteiger partial charge in [-0.05, 0) is 54.8 Å². The molecule has 0 spiro atoms. The molecule has 2 atom stereocenters. The zero-order chi connectivity index (χ0) is 23.8. The molecule has 3 aromatic rings. The maximum Gasteiger partial charge on any atom is 0.254 e. The minimum atomic E-state index is -0.597. The molecule has 1 aliphatic carbocycles. The molecule has 5 nitrogen and oxygen atoms in total. The number of nitrogens with zero attached hydrogens (tertiary/aromatic N) is 2. The number of carbonyl (C=O) groups excluding carboxylic acids is 2. The average molecular weight is 459 g/mol. The first-order valence-corrected chi connectivity index (χ1v) is 11.2. The summed E-state index contributed by atoms with van der Waals surface area (Å²) in [6.07, 6.45) is 4.42. The number of fused-ring (bicyclic) bond motifs is 1. The number of halogens is 2. The van der Waals surface area contributed by atoms with Crippen LogP contribution in [0.2, 0.25) is 0 Å². The minimum absolute atomic E-state index is 0.0624. The van der Waals surface area contributed by atoms with Gasteiger partial charge in [-0.1, -0.05) is 24.3 Å². The summed E-state index contributed by atoms with van der Waals surface area (Å²) in [4.78, 5) is 32.1. The van der Waals surface area contributed by atoms with E-state index in [4.69, 9.17) is 0 Å². The summed E-state index contributed by atoms with van der Waals surface area (Å²) >= 11 is 0. The molecule has 34 heavy (non-hydrogen) atoms. The van der Waals surface area contributed by atoms with Crippen molar-refractivity contribution in [2.75, 3.05) is 4.90 Å². The van der Waals surface area contributed by atoms with E-state index in [9.17, 15) is 18.4 Å². The van der Waals surface area contributed by atoms with Gasteiger partial charge in [0.2, 0.25) is 0 Å². The van der Waals surface area contributed by atoms with Crippen LogP contribution < -0.4 is 10.2 Å². The van der Waals surface area contributed by atoms with Crippen LogP contribution in [0.3, 0.4) is 0 Å². The third-order valence-electron chi connectivity index (χ3n) is 6.69. The normalized spacial score (nSPS) is 18.3. The summed E-state index contributed by atoms with van der Waals surface area (Å²) in [5.74, 6) is -1.51. The summed E-state index contributed by atoms with van der Waals surface area (Å²) < 4.78 is 28.4. The lowest BCUT2D eigenvalue weighted by Crippen LogP contribution is -2.42. The number of anilines is 1. The van der Waals surface area contributed by atoms with E-state index in [1.807, 2.05) is 17.9 Å². The summed E-state index contributed by atoms with van der Waals surface area (Å²) in [5.41, 5.74) is 3.33. The van der Waals surface area contributed by atoms with E-state index in [-0.39, 0.29) is 18.2 Å². The second-order valence-corrected chi connectivity index (χ2v) is 8.64. The highest BCUT2D eigenvalue weighted by Gasteiger charge is 2.38. The molecule has 0 radical (unpaired) electrons. The molecule has 1 N–H and O–H groups in total. The lowest BCUT2D eigenvalue weighted by atomic mass is 9.75. The highest BCUT2D eigenvalue weighted by Crippen LogP contribution is 2.39. The average Bonchev–Trinajstić information content (AvgIpc) is 2.83. The molecule has 1 unspecified atom stereocenters. The quantitative estimate of drug-likeness (QED) is 0.587. The molecule has 172 valence electrons. The van der Waals surface area contributed by atoms with E-state index >= 15 is 0 Å². The first-order chi connectivity index (χ1) is 16.4. The van der Waals surface area contributed by atoms with E-state index in [1.165, 1.54) is 18.2 Å². The van der Waals surface area contributed by atoms with Crippen LogP contribution in [0.15, 0.2) is 72.7 Å². The van der Waals surface area contributed by atoms with Crippen LogP contribution in [0.5, 0.6) is 0 Å². The molecule has 1 amide bonds. The number of aromatic nitrogens is 1. The predicted octanol–water partition coefficient (Wildman–Crippen LogP) is 4.95. The lowest BCUT2D eigenvalue weighted by molar-refractivity contribution is -0.131. The highest BCUT2D eigenvalue weighted by atomic mass is 19.1. The topological polar surface area (TPSA) is 62.3 Å². The number of amides is 1. The van der Waals surface area contributed by atoms with Gasteiger partial charge in [-0.25, -0.2) is 8.78 Å². The molecule has 5 rings (SSSR count). The van der Waals surface area contributed by atoms with E-state index in [1.54, 1.807) is 42.7 Å². The number of hydrogen-bond donors (Lipinski definition) is 1. The number of pyridine rings is 1. The van der Waals surface area contributed by atoms with Crippen molar-refractivity contribution in [3.8, 4) is 0 Å². The predicted molar refractivity (Wildman–Crippen MR) is 124 cm³/mol. The van der Waals surface area contributed by atoms with Crippen LogP contribution in [-0.2, 0) is 16.1 Å². The van der Waals surface area contributed by atoms with Crippen LogP contribution in [-0.4, -0.2) is 16.7 Å². The van der Waals surface area contributed by atoms with Gasteiger partial charge in [-0.2, -0.15) is 0 Å². The van der Waals surface area contributed by atoms with Gasteiger partial charge in [0.25, 0.3) is 5.91 Å². The van der Waals surface area contributed by atoms with Gasteiger partial charge in [0.05, 0.1) is 30.0 Å². The number of ketones is 1. The number of nitrogens with one attached hydrogen (secondary N) is 1. The smallest absolute Gasteiger partial charge is 0.254 e. The maximum atomic E-state index is 14.9. The third kappa shape index (κ3) is 3.87. The Kier molecular flexibility index (Phi) is 5.69. The molecular weight excluding hydrogens is 436 g/mol. The molecule has 0 bridgehead atoms. The summed E-state index contributed by atoms with van der Waals surface area (Å²) in [5, 5.41) is 3.01. The van der Waals surface area contributed by atoms with Crippen molar-refractivity contribution in [1.29, 1.82) is 0 Å². The molecule has 0 saturated heterocycles. The summed E-state index contributed by atoms with van der Waals surface area (Å²) in [6, 6.07) is 13.5. The van der Waals surface area contributed by atoms with Crippen molar-refractivity contribution in [2.45, 2.75) is 32.4 Å². The Balaban J connectivity index is 1.56. The Hall–Kier alpha value is -3.87. The van der Waals surface area contributed by atoms with Crippen LogP contribution >= 0.6 is 0 Å². The standard InChI is InChI=1S/C27H23F2N3O2/c1-16-25(20-5-2-6-23(29)22(20)15-32(16)19-4-3-13-30-14-19)27(34)31-26(21-11-12-24(21)33)17-7-9-18(28)10-8-17/h2-10,13-14,21,26H,11-12,15H2,1H3,(H,31,34)/t21?,26-/m1/s1. The number of Topliss-reactive ketones (excluding diaryl/α,β-unsaturated/α-hetero) is 1. The van der Waals surface area contributed by atoms with Crippen LogP contribution in [0.1, 0.15) is 42.5 Å². The largest absolute Gasteiger partial charge is 0.344 e. The monoisotopic (exact) mass is 459 g/mol. The number of hydrogen-bond acceptors (Lipinski definition) is 4. The number of allylic oxidation sites excluding steroid dienone is 1. The Morgan fingerprint density at radius 3 is 2.56 bits per heavy atom. The fourth-order valence-corrected chi connectivity index (χ4v) is 4.73. The Bertz CT molecular complexity index is 1290. The molecule has 1 fully saturated rings. The second-order valence-electron chi connectivity index (χ2n) is 8.64. The fourth-order valence-electron chi connectivity index (χ4n) is 4.73. The van der Waals surface area contributed by atoms with Gasteiger partial charge in [0, 0.05) is 29.8 Å². The van der Waals surface area contributed by atoms with E-state index in [0.29, 0.717) is 40.8 Å². The van der Waals surface area contributed by atoms with Crippen molar-refractivity contribution < 1.29 is 18.4 Å². The molecule has 2 aliphatic rings. The molecule has 7 heteroatoms. The van der Waals surface area contributed by atoms with Gasteiger partial charge in [0.1, 0.15) is 17.4 Å². The van der Waals surface area contributed by atoms with Crippen LogP contribution in [0.25, 0.3) is 5.57 Å². The van der Waals surface area contributed by atoms with E-state index < -0.39 is 23.6 Å². The zero-order valence-electron chi connectivity index (χ0n) is 18.6. The molecular formula is C27H23F2N3O2. The number of benzene rings is 2. The van der Waals surface area contributed by atoms with Gasteiger partial charge < -0.3 is 10.2 Å². The second kappa shape index (κ2) is 8.82. The highest BCUT2D eigenvalue weighted by molar-refractivity contribution is 6.22. The minimum Gasteiger partial charge on any atom is -0.344 e. The van der Waals surface area contributed by atoms with Crippen LogP contribution in [0.4, 0.5) is 14.5 Å². The first kappa shape index (κ1) is 21.9. The van der Waals surface area contributed by atoms with Crippen molar-refractivity contribution in [1.82, 2.24) is 10.3 Å². The number of rotatable bonds is 5. The van der Waals surface area contributed by atoms with Gasteiger partial charge in [0.15, 0.2) is 0 Å². The van der Waals surface area contributed by atoms with Crippen molar-refractivity contribution >= 4 is 23.0 Å². The summed E-state index contributed by atoms with van der Waals surface area (Å²) in [7, 11) is 0. The molecule has 2 heterocycles. The third-order valence-corrected chi connectivity index (χ3v) is 6.69. The summed E-state index contributed by atoms with van der Waals surface area (Å²) in [6.45, 7) is 2.08. The molecule has 1 aliphatic heterocycles. The van der Waals surface area contributed by atoms with Crippen molar-refractivity contribution in [3.05, 3.63) is 101 Å². The fraction of sp³-hybridized carbons (Fsp3) is 0.222. The zero-order valence-corrected chi connectivity index (χ0v) is 18.6. The van der Waals surface area contributed by atoms with Gasteiger partial charge in [-0.15, -0.1) is 0 Å². The maximum absolute atomic E-state index is 14.9. The van der Waals surface area contributed by atoms with Crippen molar-refractivity contribution in [2.24, 2.45) is 5.92 Å². The van der Waals surface area contributed by atoms with E-state index in [0.717, 1.165) is 5.69 Å². The van der Waals surface area contributed by atoms with Gasteiger partial charge in [-0.3, -0.25) is 14.6 Å². The SMILES string of the molecule is CC1=C(C(=O)N[C@H](c2ccc(F)cc2)C2CCC2=O)c2cccc(F)c2CN1c1cccnc1. The molecule has 2 aromatic carbocycles. The lowest BCUT2D eigenvalue weighted by Gasteiger charge is -2.36. The first-order valence-electron chi connectivity index (χ1n) is 11.2. The molecule has 1 aromatic heterocycles. The van der Waals surface area contributed by atoms with Crippen LogP contribution in [0, 0.1) is 17.6 Å².